The molecule has 110 valence electrons. The fraction of sp³-hybridized carbons (Fsp3) is 0.533. The summed E-state index contributed by atoms with van der Waals surface area (Å²) >= 11 is 12.0. The summed E-state index contributed by atoms with van der Waals surface area (Å²) in [5, 5.41) is 7.55. The van der Waals surface area contributed by atoms with Crippen LogP contribution in [-0.4, -0.2) is 25.0 Å². The smallest absolute Gasteiger partial charge is 0.237 e. The Kier molecular flexibility index (Phi) is 6.14. The van der Waals surface area contributed by atoms with E-state index in [-0.39, 0.29) is 11.9 Å². The van der Waals surface area contributed by atoms with Crippen molar-refractivity contribution >= 4 is 29.1 Å². The van der Waals surface area contributed by atoms with Crippen LogP contribution in [0.3, 0.4) is 0 Å². The second kappa shape index (κ2) is 7.87. The molecule has 2 rings (SSSR count). The lowest BCUT2D eigenvalue weighted by Gasteiger charge is -2.15. The highest BCUT2D eigenvalue weighted by Gasteiger charge is 2.18. The Morgan fingerprint density at radius 1 is 1.30 bits per heavy atom. The van der Waals surface area contributed by atoms with E-state index >= 15 is 0 Å². The van der Waals surface area contributed by atoms with Crippen molar-refractivity contribution in [2.75, 3.05) is 13.1 Å². The Labute approximate surface area is 130 Å². The van der Waals surface area contributed by atoms with Crippen molar-refractivity contribution in [1.29, 1.82) is 0 Å². The van der Waals surface area contributed by atoms with Gasteiger partial charge in [-0.2, -0.15) is 0 Å². The van der Waals surface area contributed by atoms with Gasteiger partial charge >= 0.3 is 0 Å². The van der Waals surface area contributed by atoms with Gasteiger partial charge in [-0.15, -0.1) is 0 Å². The quantitative estimate of drug-likeness (QED) is 0.896. The van der Waals surface area contributed by atoms with Crippen LogP contribution in [0.25, 0.3) is 0 Å². The molecule has 1 aliphatic rings. The lowest BCUT2D eigenvalue weighted by molar-refractivity contribution is -0.123. The predicted molar refractivity (Wildman–Crippen MR) is 83.4 cm³/mol. The molecule has 1 unspecified atom stereocenters. The minimum atomic E-state index is -0.0433. The van der Waals surface area contributed by atoms with Crippen molar-refractivity contribution in [2.45, 2.75) is 38.1 Å². The van der Waals surface area contributed by atoms with Crippen molar-refractivity contribution < 1.29 is 4.79 Å². The number of nitrogens with one attached hydrogen (secondary N) is 2. The summed E-state index contributed by atoms with van der Waals surface area (Å²) in [5.41, 5.74) is 1.00. The maximum atomic E-state index is 12.1. The maximum absolute atomic E-state index is 12.1. The van der Waals surface area contributed by atoms with Crippen LogP contribution in [0.1, 0.15) is 31.2 Å². The molecule has 1 aromatic rings. The summed E-state index contributed by atoms with van der Waals surface area (Å²) in [4.78, 5) is 12.1. The number of amides is 1. The fourth-order valence-electron chi connectivity index (χ4n) is 2.42. The molecule has 0 aliphatic carbocycles. The molecule has 1 aromatic carbocycles. The van der Waals surface area contributed by atoms with Gasteiger partial charge in [0.1, 0.15) is 0 Å². The van der Waals surface area contributed by atoms with Crippen molar-refractivity contribution in [3.8, 4) is 0 Å². The molecule has 20 heavy (non-hydrogen) atoms. The Bertz CT molecular complexity index is 457. The van der Waals surface area contributed by atoms with E-state index in [1.54, 1.807) is 6.07 Å². The number of carbonyl (C=O) groups excluding carboxylic acids is 1. The molecule has 5 heteroatoms. The average Bonchev–Trinajstić information content (AvgIpc) is 2.70. The Hall–Kier alpha value is -0.770. The highest BCUT2D eigenvalue weighted by molar-refractivity contribution is 6.35. The first-order chi connectivity index (χ1) is 9.66. The molecule has 0 saturated carbocycles. The molecule has 1 aliphatic heterocycles. The summed E-state index contributed by atoms with van der Waals surface area (Å²) in [6.45, 7) is 1.53. The minimum absolute atomic E-state index is 0.0433. The lowest BCUT2D eigenvalue weighted by atomic mass is 10.1. The first-order valence-electron chi connectivity index (χ1n) is 7.12. The van der Waals surface area contributed by atoms with E-state index in [4.69, 9.17) is 23.2 Å². The third-order valence-electron chi connectivity index (χ3n) is 3.59. The monoisotopic (exact) mass is 314 g/mol. The van der Waals surface area contributed by atoms with Gasteiger partial charge in [0.15, 0.2) is 0 Å². The van der Waals surface area contributed by atoms with E-state index in [1.165, 1.54) is 6.42 Å². The van der Waals surface area contributed by atoms with Crippen LogP contribution >= 0.6 is 23.2 Å². The molecule has 1 amide bonds. The zero-order valence-corrected chi connectivity index (χ0v) is 12.9. The van der Waals surface area contributed by atoms with Crippen molar-refractivity contribution in [1.82, 2.24) is 10.6 Å². The van der Waals surface area contributed by atoms with Gasteiger partial charge in [0, 0.05) is 16.6 Å². The molecule has 1 fully saturated rings. The van der Waals surface area contributed by atoms with E-state index in [9.17, 15) is 4.79 Å². The number of rotatable bonds is 4. The minimum Gasteiger partial charge on any atom is -0.354 e. The van der Waals surface area contributed by atoms with Gasteiger partial charge in [0.05, 0.1) is 6.04 Å². The van der Waals surface area contributed by atoms with E-state index in [0.29, 0.717) is 23.0 Å². The van der Waals surface area contributed by atoms with E-state index < -0.39 is 0 Å². The molecule has 0 spiro atoms. The SMILES string of the molecule is O=C(NCCc1ccc(Cl)cc1Cl)C1CCCCCN1. The molecular weight excluding hydrogens is 295 g/mol. The largest absolute Gasteiger partial charge is 0.354 e. The summed E-state index contributed by atoms with van der Waals surface area (Å²) < 4.78 is 0. The second-order valence-corrected chi connectivity index (χ2v) is 5.98. The molecule has 2 N–H and O–H groups in total. The lowest BCUT2D eigenvalue weighted by Crippen LogP contribution is -2.44. The molecule has 0 bridgehead atoms. The first-order valence-corrected chi connectivity index (χ1v) is 7.87. The molecular formula is C15H20Cl2N2O. The van der Waals surface area contributed by atoms with Crippen LogP contribution in [0, 0.1) is 0 Å². The standard InChI is InChI=1S/C15H20Cl2N2O/c16-12-6-5-11(13(17)10-12)7-9-19-15(20)14-4-2-1-3-8-18-14/h5-6,10,14,18H,1-4,7-9H2,(H,19,20). The Balaban J connectivity index is 1.78. The van der Waals surface area contributed by atoms with Gasteiger partial charge in [-0.3, -0.25) is 4.79 Å². The van der Waals surface area contributed by atoms with Crippen molar-refractivity contribution in [3.63, 3.8) is 0 Å². The van der Waals surface area contributed by atoms with Gasteiger partial charge < -0.3 is 10.6 Å². The Morgan fingerprint density at radius 2 is 2.15 bits per heavy atom. The van der Waals surface area contributed by atoms with Gasteiger partial charge in [0.25, 0.3) is 0 Å². The molecule has 1 atom stereocenters. The summed E-state index contributed by atoms with van der Waals surface area (Å²) in [5.74, 6) is 0.0944. The zero-order chi connectivity index (χ0) is 14.4. The number of carbonyl (C=O) groups is 1. The predicted octanol–water partition coefficient (Wildman–Crippen LogP) is 3.18. The van der Waals surface area contributed by atoms with Crippen LogP contribution in [-0.2, 0) is 11.2 Å². The molecule has 0 radical (unpaired) electrons. The fourth-order valence-corrected chi connectivity index (χ4v) is 2.92. The van der Waals surface area contributed by atoms with Crippen molar-refractivity contribution in [3.05, 3.63) is 33.8 Å². The second-order valence-electron chi connectivity index (χ2n) is 5.13. The van der Waals surface area contributed by atoms with E-state index in [1.807, 2.05) is 12.1 Å². The topological polar surface area (TPSA) is 41.1 Å². The highest BCUT2D eigenvalue weighted by Crippen LogP contribution is 2.21. The number of hydrogen-bond donors (Lipinski definition) is 2. The molecule has 1 heterocycles. The first kappa shape index (κ1) is 15.6. The summed E-state index contributed by atoms with van der Waals surface area (Å²) in [7, 11) is 0. The average molecular weight is 315 g/mol. The van der Waals surface area contributed by atoms with Crippen LogP contribution in [0.15, 0.2) is 18.2 Å². The van der Waals surface area contributed by atoms with Gasteiger partial charge in [0.2, 0.25) is 5.91 Å². The normalized spacial score (nSPS) is 19.4. The number of hydrogen-bond acceptors (Lipinski definition) is 2. The summed E-state index contributed by atoms with van der Waals surface area (Å²) in [6.07, 6.45) is 5.12. The van der Waals surface area contributed by atoms with Crippen molar-refractivity contribution in [2.24, 2.45) is 0 Å². The zero-order valence-electron chi connectivity index (χ0n) is 11.4. The number of halogens is 2. The summed E-state index contributed by atoms with van der Waals surface area (Å²) in [6, 6.07) is 5.41. The third kappa shape index (κ3) is 4.65. The third-order valence-corrected chi connectivity index (χ3v) is 4.17. The van der Waals surface area contributed by atoms with Gasteiger partial charge in [-0.25, -0.2) is 0 Å². The Morgan fingerprint density at radius 3 is 2.95 bits per heavy atom. The van der Waals surface area contributed by atoms with Crippen LogP contribution < -0.4 is 10.6 Å². The van der Waals surface area contributed by atoms with Crippen LogP contribution in [0.5, 0.6) is 0 Å². The van der Waals surface area contributed by atoms with Crippen LogP contribution in [0.4, 0.5) is 0 Å². The van der Waals surface area contributed by atoms with E-state index in [0.717, 1.165) is 31.4 Å². The number of benzene rings is 1. The molecule has 0 aromatic heterocycles. The highest BCUT2D eigenvalue weighted by atomic mass is 35.5. The molecule has 3 nitrogen and oxygen atoms in total. The van der Waals surface area contributed by atoms with E-state index in [2.05, 4.69) is 10.6 Å². The van der Waals surface area contributed by atoms with Crippen LogP contribution in [0.2, 0.25) is 10.0 Å². The molecule has 1 saturated heterocycles. The van der Waals surface area contributed by atoms with Gasteiger partial charge in [-0.05, 0) is 43.5 Å². The maximum Gasteiger partial charge on any atom is 0.237 e. The van der Waals surface area contributed by atoms with Gasteiger partial charge in [-0.1, -0.05) is 42.1 Å².